The summed E-state index contributed by atoms with van der Waals surface area (Å²) in [4.78, 5) is 30.4. The van der Waals surface area contributed by atoms with Crippen LogP contribution < -0.4 is 10.5 Å². The lowest BCUT2D eigenvalue weighted by Gasteiger charge is -2.35. The number of thiophene rings is 1. The fraction of sp³-hybridized carbons (Fsp3) is 0.182. The Labute approximate surface area is 203 Å². The van der Waals surface area contributed by atoms with Gasteiger partial charge in [-0.1, -0.05) is 22.0 Å². The molecule has 0 atom stereocenters. The molecule has 1 aliphatic heterocycles. The number of rotatable bonds is 3. The number of piperazine rings is 1. The average Bonchev–Trinajstić information content (AvgIpc) is 3.34. The van der Waals surface area contributed by atoms with Crippen molar-refractivity contribution in [3.63, 3.8) is 0 Å². The van der Waals surface area contributed by atoms with Gasteiger partial charge in [-0.05, 0) is 57.7 Å². The van der Waals surface area contributed by atoms with E-state index in [0.717, 1.165) is 20.9 Å². The first kappa shape index (κ1) is 21.3. The number of anilines is 1. The SMILES string of the molecule is O=C(c1cc2cc(Br)cc(Br)c2oc1=O)N1CCN(c2ccc(-c3cccs3)nn2)CC1. The monoisotopic (exact) mass is 574 g/mol. The van der Waals surface area contributed by atoms with E-state index in [1.807, 2.05) is 35.7 Å². The Hall–Kier alpha value is -2.56. The van der Waals surface area contributed by atoms with Crippen LogP contribution in [0.2, 0.25) is 0 Å². The molecule has 0 unspecified atom stereocenters. The zero-order valence-electron chi connectivity index (χ0n) is 16.6. The number of hydrogen-bond acceptors (Lipinski definition) is 7. The number of amides is 1. The molecule has 0 bridgehead atoms. The topological polar surface area (TPSA) is 79.5 Å². The summed E-state index contributed by atoms with van der Waals surface area (Å²) >= 11 is 8.44. The second kappa shape index (κ2) is 8.76. The second-order valence-electron chi connectivity index (χ2n) is 7.29. The number of carbonyl (C=O) groups excluding carboxylic acids is 1. The van der Waals surface area contributed by atoms with Gasteiger partial charge in [0.2, 0.25) is 0 Å². The van der Waals surface area contributed by atoms with Gasteiger partial charge in [-0.2, -0.15) is 0 Å². The molecule has 32 heavy (non-hydrogen) atoms. The Kier molecular flexibility index (Phi) is 5.83. The number of carbonyl (C=O) groups is 1. The Morgan fingerprint density at radius 2 is 1.84 bits per heavy atom. The molecule has 0 radical (unpaired) electrons. The van der Waals surface area contributed by atoms with E-state index >= 15 is 0 Å². The highest BCUT2D eigenvalue weighted by atomic mass is 79.9. The maximum absolute atomic E-state index is 13.1. The van der Waals surface area contributed by atoms with Gasteiger partial charge in [0.1, 0.15) is 11.3 Å². The molecule has 0 aliphatic carbocycles. The lowest BCUT2D eigenvalue weighted by molar-refractivity contribution is 0.0742. The molecule has 10 heteroatoms. The van der Waals surface area contributed by atoms with Gasteiger partial charge in [-0.25, -0.2) is 4.79 Å². The van der Waals surface area contributed by atoms with E-state index in [9.17, 15) is 9.59 Å². The van der Waals surface area contributed by atoms with Crippen LogP contribution in [0, 0.1) is 0 Å². The summed E-state index contributed by atoms with van der Waals surface area (Å²) < 4.78 is 6.90. The van der Waals surface area contributed by atoms with Crippen molar-refractivity contribution in [1.82, 2.24) is 15.1 Å². The molecule has 162 valence electrons. The maximum atomic E-state index is 13.1. The predicted octanol–water partition coefficient (Wildman–Crippen LogP) is 4.80. The molecule has 0 N–H and O–H groups in total. The van der Waals surface area contributed by atoms with Gasteiger partial charge in [0, 0.05) is 36.0 Å². The Morgan fingerprint density at radius 3 is 2.53 bits per heavy atom. The third-order valence-corrected chi connectivity index (χ3v) is 7.24. The summed E-state index contributed by atoms with van der Waals surface area (Å²) in [6.07, 6.45) is 0. The summed E-state index contributed by atoms with van der Waals surface area (Å²) in [6.45, 7) is 2.17. The van der Waals surface area contributed by atoms with Gasteiger partial charge in [0.25, 0.3) is 5.91 Å². The summed E-state index contributed by atoms with van der Waals surface area (Å²) in [5.41, 5.74) is 0.669. The summed E-state index contributed by atoms with van der Waals surface area (Å²) in [5.74, 6) is 0.452. The molecule has 5 rings (SSSR count). The molecule has 1 amide bonds. The van der Waals surface area contributed by atoms with Crippen LogP contribution in [-0.2, 0) is 0 Å². The van der Waals surface area contributed by atoms with Crippen LogP contribution in [0.1, 0.15) is 10.4 Å². The fourth-order valence-corrected chi connectivity index (χ4v) is 5.69. The van der Waals surface area contributed by atoms with Crippen molar-refractivity contribution in [2.45, 2.75) is 0 Å². The Balaban J connectivity index is 1.30. The van der Waals surface area contributed by atoms with Gasteiger partial charge >= 0.3 is 5.63 Å². The van der Waals surface area contributed by atoms with Crippen molar-refractivity contribution in [3.8, 4) is 10.6 Å². The zero-order valence-corrected chi connectivity index (χ0v) is 20.6. The normalized spacial score (nSPS) is 14.2. The molecule has 0 spiro atoms. The van der Waals surface area contributed by atoms with Crippen LogP contribution in [0.25, 0.3) is 21.5 Å². The lowest BCUT2D eigenvalue weighted by Crippen LogP contribution is -2.49. The van der Waals surface area contributed by atoms with Crippen molar-refractivity contribution < 1.29 is 9.21 Å². The Bertz CT molecular complexity index is 1350. The average molecular weight is 576 g/mol. The highest BCUT2D eigenvalue weighted by molar-refractivity contribution is 9.11. The molecular formula is C22H16Br2N4O3S. The van der Waals surface area contributed by atoms with Gasteiger partial charge in [-0.15, -0.1) is 21.5 Å². The van der Waals surface area contributed by atoms with E-state index < -0.39 is 5.63 Å². The lowest BCUT2D eigenvalue weighted by atomic mass is 10.1. The molecular weight excluding hydrogens is 560 g/mol. The third-order valence-electron chi connectivity index (χ3n) is 5.30. The van der Waals surface area contributed by atoms with E-state index in [1.165, 1.54) is 0 Å². The Morgan fingerprint density at radius 1 is 1.03 bits per heavy atom. The molecule has 0 saturated carbocycles. The van der Waals surface area contributed by atoms with E-state index in [-0.39, 0.29) is 11.5 Å². The number of nitrogens with zero attached hydrogens (tertiary/aromatic N) is 4. The highest BCUT2D eigenvalue weighted by Crippen LogP contribution is 2.28. The van der Waals surface area contributed by atoms with Crippen LogP contribution in [0.15, 0.2) is 66.0 Å². The van der Waals surface area contributed by atoms with E-state index in [4.69, 9.17) is 4.42 Å². The van der Waals surface area contributed by atoms with Crippen LogP contribution in [-0.4, -0.2) is 47.2 Å². The number of aromatic nitrogens is 2. The second-order valence-corrected chi connectivity index (χ2v) is 10.0. The predicted molar refractivity (Wildman–Crippen MR) is 131 cm³/mol. The summed E-state index contributed by atoms with van der Waals surface area (Å²) in [5, 5.41) is 11.4. The first-order chi connectivity index (χ1) is 15.5. The van der Waals surface area contributed by atoms with Gasteiger partial charge in [0.15, 0.2) is 11.4 Å². The van der Waals surface area contributed by atoms with Crippen LogP contribution in [0.3, 0.4) is 0 Å². The highest BCUT2D eigenvalue weighted by Gasteiger charge is 2.26. The molecule has 3 aromatic heterocycles. The van der Waals surface area contributed by atoms with E-state index in [0.29, 0.717) is 41.6 Å². The molecule has 1 fully saturated rings. The third kappa shape index (κ3) is 4.10. The molecule has 4 heterocycles. The van der Waals surface area contributed by atoms with Crippen molar-refractivity contribution >= 4 is 65.9 Å². The first-order valence-corrected chi connectivity index (χ1v) is 12.3. The van der Waals surface area contributed by atoms with E-state index in [2.05, 4.69) is 47.0 Å². The smallest absolute Gasteiger partial charge is 0.349 e. The maximum Gasteiger partial charge on any atom is 0.349 e. The van der Waals surface area contributed by atoms with Crippen LogP contribution in [0.4, 0.5) is 5.82 Å². The summed E-state index contributed by atoms with van der Waals surface area (Å²) in [7, 11) is 0. The largest absolute Gasteiger partial charge is 0.421 e. The zero-order chi connectivity index (χ0) is 22.2. The summed E-state index contributed by atoms with van der Waals surface area (Å²) in [6, 6.07) is 13.1. The molecule has 1 aliphatic rings. The molecule has 4 aromatic rings. The number of hydrogen-bond donors (Lipinski definition) is 0. The van der Waals surface area contributed by atoms with Crippen LogP contribution >= 0.6 is 43.2 Å². The van der Waals surface area contributed by atoms with Gasteiger partial charge in [-0.3, -0.25) is 4.79 Å². The van der Waals surface area contributed by atoms with Crippen molar-refractivity contribution in [1.29, 1.82) is 0 Å². The fourth-order valence-electron chi connectivity index (χ4n) is 3.66. The minimum atomic E-state index is -0.636. The van der Waals surface area contributed by atoms with Crippen LogP contribution in [0.5, 0.6) is 0 Å². The van der Waals surface area contributed by atoms with Crippen molar-refractivity contribution in [2.75, 3.05) is 31.1 Å². The minimum Gasteiger partial charge on any atom is -0.421 e. The number of fused-ring (bicyclic) bond motifs is 1. The molecule has 7 nitrogen and oxygen atoms in total. The van der Waals surface area contributed by atoms with Crippen molar-refractivity contribution in [2.24, 2.45) is 0 Å². The quantitative estimate of drug-likeness (QED) is 0.327. The number of benzene rings is 1. The number of halogens is 2. The molecule has 1 aromatic carbocycles. The van der Waals surface area contributed by atoms with Gasteiger partial charge in [0.05, 0.1) is 9.35 Å². The standard InChI is InChI=1S/C22H16Br2N4O3S/c23-14-10-13-11-15(22(30)31-20(13)16(24)12-14)21(29)28-7-5-27(6-8-28)19-4-3-17(25-26-19)18-2-1-9-32-18/h1-4,9-12H,5-8H2. The first-order valence-electron chi connectivity index (χ1n) is 9.84. The van der Waals surface area contributed by atoms with E-state index in [1.54, 1.807) is 28.4 Å². The van der Waals surface area contributed by atoms with Crippen molar-refractivity contribution in [3.05, 3.63) is 72.8 Å². The minimum absolute atomic E-state index is 0.0380. The van der Waals surface area contributed by atoms with Gasteiger partial charge < -0.3 is 14.2 Å². The molecule has 1 saturated heterocycles.